The van der Waals surface area contributed by atoms with Crippen molar-refractivity contribution in [3.8, 4) is 22.5 Å². The molecular formula is C25H22Cl2NO5-. The molecule has 0 N–H and O–H groups in total. The molecule has 1 aromatic heterocycles. The number of ether oxygens (including phenoxy) is 1. The zero-order valence-corrected chi connectivity index (χ0v) is 19.7. The molecular weight excluding hydrogens is 465 g/mol. The molecule has 172 valence electrons. The molecule has 1 heterocycles. The summed E-state index contributed by atoms with van der Waals surface area (Å²) in [7, 11) is 0. The minimum atomic E-state index is -1.64. The van der Waals surface area contributed by atoms with Crippen molar-refractivity contribution in [2.75, 3.05) is 0 Å². The highest BCUT2D eigenvalue weighted by Crippen LogP contribution is 2.27. The second kappa shape index (κ2) is 12.7. The zero-order chi connectivity index (χ0) is 24.4. The van der Waals surface area contributed by atoms with Crippen LogP contribution in [0.25, 0.3) is 22.5 Å². The fraction of sp³-hybridized carbons (Fsp3) is 0.200. The summed E-state index contributed by atoms with van der Waals surface area (Å²) >= 11 is 11.8. The van der Waals surface area contributed by atoms with Crippen LogP contribution in [0, 0.1) is 0 Å². The van der Waals surface area contributed by atoms with E-state index in [-0.39, 0.29) is 5.56 Å². The first-order valence-corrected chi connectivity index (χ1v) is 11.0. The predicted octanol–water partition coefficient (Wildman–Crippen LogP) is 5.35. The Morgan fingerprint density at radius 1 is 0.818 bits per heavy atom. The van der Waals surface area contributed by atoms with Gasteiger partial charge in [-0.2, -0.15) is 0 Å². The molecule has 0 saturated heterocycles. The standard InChI is InChI=1S/C21H13Cl2NO5.C4H10/c22-15-5-1-12(2-6-15)17-9-14(21(28)29-20(27)11-19(25)26)10-18(24-17)13-3-7-16(23)8-4-13;1-3-4-2/h1-10H,11H2,(H,25,26);3-4H2,1-2H3/p-1. The van der Waals surface area contributed by atoms with E-state index in [4.69, 9.17) is 23.2 Å². The first kappa shape index (κ1) is 26.0. The van der Waals surface area contributed by atoms with Crippen LogP contribution < -0.4 is 5.11 Å². The molecule has 0 fully saturated rings. The first-order valence-electron chi connectivity index (χ1n) is 10.2. The third kappa shape index (κ3) is 8.33. The van der Waals surface area contributed by atoms with Gasteiger partial charge in [0.05, 0.1) is 29.3 Å². The van der Waals surface area contributed by atoms with Crippen LogP contribution in [0.1, 0.15) is 43.5 Å². The molecule has 0 radical (unpaired) electrons. The van der Waals surface area contributed by atoms with Crippen molar-refractivity contribution in [1.29, 1.82) is 0 Å². The van der Waals surface area contributed by atoms with Crippen molar-refractivity contribution < 1.29 is 24.2 Å². The van der Waals surface area contributed by atoms with Crippen molar-refractivity contribution in [2.24, 2.45) is 0 Å². The SMILES string of the molecule is CCCC.O=C([O-])CC(=O)OC(=O)c1cc(-c2ccc(Cl)cc2)nc(-c2ccc(Cl)cc2)c1. The number of carbonyl (C=O) groups excluding carboxylic acids is 3. The highest BCUT2D eigenvalue weighted by atomic mass is 35.5. The molecule has 0 aliphatic rings. The number of esters is 2. The van der Waals surface area contributed by atoms with Gasteiger partial charge in [0.25, 0.3) is 0 Å². The quantitative estimate of drug-likeness (QED) is 0.344. The monoisotopic (exact) mass is 486 g/mol. The number of hydrogen-bond donors (Lipinski definition) is 0. The van der Waals surface area contributed by atoms with Gasteiger partial charge in [-0.05, 0) is 36.4 Å². The number of carboxylic acids is 1. The van der Waals surface area contributed by atoms with Gasteiger partial charge in [0.2, 0.25) is 0 Å². The van der Waals surface area contributed by atoms with Crippen LogP contribution in [0.15, 0.2) is 60.7 Å². The second-order valence-corrected chi connectivity index (χ2v) is 7.82. The van der Waals surface area contributed by atoms with Crippen molar-refractivity contribution in [3.63, 3.8) is 0 Å². The van der Waals surface area contributed by atoms with E-state index < -0.39 is 24.3 Å². The number of hydrogen-bond acceptors (Lipinski definition) is 6. The maximum absolute atomic E-state index is 12.4. The molecule has 3 aromatic rings. The summed E-state index contributed by atoms with van der Waals surface area (Å²) in [5.41, 5.74) is 2.27. The number of rotatable bonds is 6. The molecule has 6 nitrogen and oxygen atoms in total. The summed E-state index contributed by atoms with van der Waals surface area (Å²) in [5, 5.41) is 11.6. The molecule has 0 aliphatic carbocycles. The molecule has 2 aromatic carbocycles. The molecule has 0 aliphatic heterocycles. The van der Waals surface area contributed by atoms with E-state index in [0.29, 0.717) is 32.6 Å². The number of aromatic nitrogens is 1. The number of unbranched alkanes of at least 4 members (excludes halogenated alkanes) is 1. The summed E-state index contributed by atoms with van der Waals surface area (Å²) in [6.07, 6.45) is 1.62. The average molecular weight is 487 g/mol. The molecule has 33 heavy (non-hydrogen) atoms. The van der Waals surface area contributed by atoms with Crippen LogP contribution in [-0.4, -0.2) is 22.9 Å². The zero-order valence-electron chi connectivity index (χ0n) is 18.1. The van der Waals surface area contributed by atoms with Crippen molar-refractivity contribution in [2.45, 2.75) is 33.1 Å². The van der Waals surface area contributed by atoms with Crippen LogP contribution in [0.3, 0.4) is 0 Å². The van der Waals surface area contributed by atoms with Crippen LogP contribution in [0.4, 0.5) is 0 Å². The Morgan fingerprint density at radius 3 is 1.61 bits per heavy atom. The Bertz CT molecular complexity index is 1050. The lowest BCUT2D eigenvalue weighted by Crippen LogP contribution is -2.27. The van der Waals surface area contributed by atoms with Gasteiger partial charge in [-0.1, -0.05) is 74.2 Å². The van der Waals surface area contributed by atoms with E-state index in [1.807, 2.05) is 0 Å². The third-order valence-electron chi connectivity index (χ3n) is 4.34. The van der Waals surface area contributed by atoms with Gasteiger partial charge in [-0.25, -0.2) is 9.78 Å². The van der Waals surface area contributed by atoms with E-state index in [2.05, 4.69) is 23.6 Å². The summed E-state index contributed by atoms with van der Waals surface area (Å²) in [4.78, 5) is 39.0. The number of carbonyl (C=O) groups is 3. The third-order valence-corrected chi connectivity index (χ3v) is 4.84. The van der Waals surface area contributed by atoms with Crippen molar-refractivity contribution in [1.82, 2.24) is 4.98 Å². The van der Waals surface area contributed by atoms with Crippen LogP contribution in [-0.2, 0) is 14.3 Å². The van der Waals surface area contributed by atoms with Gasteiger partial charge < -0.3 is 14.6 Å². The lowest BCUT2D eigenvalue weighted by molar-refractivity contribution is -0.304. The summed E-state index contributed by atoms with van der Waals surface area (Å²) < 4.78 is 4.60. The van der Waals surface area contributed by atoms with Crippen LogP contribution in [0.5, 0.6) is 0 Å². The smallest absolute Gasteiger partial charge is 0.345 e. The predicted molar refractivity (Wildman–Crippen MR) is 126 cm³/mol. The molecule has 0 spiro atoms. The van der Waals surface area contributed by atoms with E-state index in [9.17, 15) is 19.5 Å². The lowest BCUT2D eigenvalue weighted by atomic mass is 10.0. The van der Waals surface area contributed by atoms with E-state index in [1.165, 1.54) is 25.0 Å². The Morgan fingerprint density at radius 2 is 1.24 bits per heavy atom. The normalized spacial score (nSPS) is 10.1. The van der Waals surface area contributed by atoms with Crippen molar-refractivity contribution >= 4 is 41.1 Å². The van der Waals surface area contributed by atoms with Gasteiger partial charge in [-0.3, -0.25) is 4.79 Å². The minimum Gasteiger partial charge on any atom is -0.550 e. The number of halogens is 2. The van der Waals surface area contributed by atoms with Gasteiger partial charge in [-0.15, -0.1) is 0 Å². The topological polar surface area (TPSA) is 96.4 Å². The van der Waals surface area contributed by atoms with E-state index in [1.54, 1.807) is 48.5 Å². The maximum Gasteiger partial charge on any atom is 0.345 e. The molecule has 8 heteroatoms. The van der Waals surface area contributed by atoms with E-state index >= 15 is 0 Å². The van der Waals surface area contributed by atoms with Gasteiger partial charge in [0, 0.05) is 21.2 Å². The first-order chi connectivity index (χ1) is 15.7. The number of aliphatic carboxylic acids is 1. The Balaban J connectivity index is 0.000000890. The molecule has 0 amide bonds. The van der Waals surface area contributed by atoms with Crippen LogP contribution >= 0.6 is 23.2 Å². The largest absolute Gasteiger partial charge is 0.550 e. The average Bonchev–Trinajstić information content (AvgIpc) is 2.79. The Labute approximate surface area is 202 Å². The lowest BCUT2D eigenvalue weighted by Gasteiger charge is -2.10. The van der Waals surface area contributed by atoms with Crippen LogP contribution in [0.2, 0.25) is 10.0 Å². The Kier molecular flexibility index (Phi) is 10.0. The number of benzene rings is 2. The van der Waals surface area contributed by atoms with Gasteiger partial charge in [0.1, 0.15) is 0 Å². The molecule has 0 saturated carbocycles. The molecule has 0 unspecified atom stereocenters. The summed E-state index contributed by atoms with van der Waals surface area (Å²) in [6.45, 7) is 4.36. The fourth-order valence-electron chi connectivity index (χ4n) is 2.50. The highest BCUT2D eigenvalue weighted by molar-refractivity contribution is 6.30. The second-order valence-electron chi connectivity index (χ2n) is 6.95. The number of pyridine rings is 1. The number of nitrogens with zero attached hydrogens (tertiary/aromatic N) is 1. The highest BCUT2D eigenvalue weighted by Gasteiger charge is 2.17. The van der Waals surface area contributed by atoms with E-state index in [0.717, 1.165) is 0 Å². The molecule has 0 atom stereocenters. The summed E-state index contributed by atoms with van der Waals surface area (Å²) in [5.74, 6) is -3.85. The summed E-state index contributed by atoms with van der Waals surface area (Å²) in [6, 6.07) is 16.5. The molecule has 3 rings (SSSR count). The number of carboxylic acid groups (broad SMARTS) is 1. The van der Waals surface area contributed by atoms with Gasteiger partial charge >= 0.3 is 11.9 Å². The fourth-order valence-corrected chi connectivity index (χ4v) is 2.75. The minimum absolute atomic E-state index is 0.0293. The van der Waals surface area contributed by atoms with Crippen molar-refractivity contribution in [3.05, 3.63) is 76.3 Å². The molecule has 0 bridgehead atoms. The van der Waals surface area contributed by atoms with Gasteiger partial charge in [0.15, 0.2) is 0 Å². The maximum atomic E-state index is 12.4. The Hall–Kier alpha value is -3.22.